The quantitative estimate of drug-likeness (QED) is 0.616. The number of methoxy groups -OCH3 is 1. The van der Waals surface area contributed by atoms with Crippen LogP contribution in [0.4, 0.5) is 24.5 Å². The van der Waals surface area contributed by atoms with Crippen molar-refractivity contribution < 1.29 is 27.9 Å². The first-order chi connectivity index (χ1) is 9.81. The molecule has 1 N–H and O–H groups in total. The van der Waals surface area contributed by atoms with E-state index in [0.717, 1.165) is 6.07 Å². The minimum absolute atomic E-state index is 0.0957. The van der Waals surface area contributed by atoms with E-state index in [9.17, 15) is 23.3 Å². The zero-order valence-electron chi connectivity index (χ0n) is 11.3. The minimum Gasteiger partial charge on any atom is -0.395 e. The molecule has 0 heterocycles. The third-order valence-electron chi connectivity index (χ3n) is 2.78. The van der Waals surface area contributed by atoms with Crippen LogP contribution < -0.4 is 4.90 Å². The molecule has 118 valence electrons. The second kappa shape index (κ2) is 7.23. The molecule has 0 fully saturated rings. The Morgan fingerprint density at radius 2 is 2.05 bits per heavy atom. The zero-order valence-corrected chi connectivity index (χ0v) is 11.3. The van der Waals surface area contributed by atoms with Crippen molar-refractivity contribution in [3.05, 3.63) is 33.9 Å². The molecule has 1 aromatic carbocycles. The Kier molecular flexibility index (Phi) is 5.91. The second-order valence-corrected chi connectivity index (χ2v) is 4.16. The number of nitro groups is 1. The van der Waals surface area contributed by atoms with Gasteiger partial charge in [-0.15, -0.1) is 0 Å². The van der Waals surface area contributed by atoms with Crippen LogP contribution in [0.2, 0.25) is 0 Å². The maximum absolute atomic E-state index is 12.9. The van der Waals surface area contributed by atoms with Crippen molar-refractivity contribution in [1.82, 2.24) is 0 Å². The number of anilines is 1. The third kappa shape index (κ3) is 4.57. The lowest BCUT2D eigenvalue weighted by Crippen LogP contribution is -2.30. The van der Waals surface area contributed by atoms with Gasteiger partial charge >= 0.3 is 6.18 Å². The van der Waals surface area contributed by atoms with Gasteiger partial charge in [-0.1, -0.05) is 0 Å². The summed E-state index contributed by atoms with van der Waals surface area (Å²) in [6, 6.07) is 2.75. The summed E-state index contributed by atoms with van der Waals surface area (Å²) in [4.78, 5) is 11.1. The van der Waals surface area contributed by atoms with E-state index >= 15 is 0 Å². The molecule has 0 aliphatic carbocycles. The van der Waals surface area contributed by atoms with Crippen LogP contribution in [0.25, 0.3) is 0 Å². The van der Waals surface area contributed by atoms with Crippen molar-refractivity contribution in [3.63, 3.8) is 0 Å². The van der Waals surface area contributed by atoms with Crippen molar-refractivity contribution in [3.8, 4) is 0 Å². The fourth-order valence-electron chi connectivity index (χ4n) is 1.80. The molecule has 0 saturated heterocycles. The van der Waals surface area contributed by atoms with E-state index in [1.165, 1.54) is 18.1 Å². The lowest BCUT2D eigenvalue weighted by Gasteiger charge is -2.24. The van der Waals surface area contributed by atoms with Crippen LogP contribution >= 0.6 is 0 Å². The van der Waals surface area contributed by atoms with Crippen LogP contribution in [0, 0.1) is 10.1 Å². The van der Waals surface area contributed by atoms with Gasteiger partial charge in [-0.05, 0) is 12.1 Å². The summed E-state index contributed by atoms with van der Waals surface area (Å²) in [7, 11) is 1.44. The molecule has 1 rings (SSSR count). The molecule has 0 saturated carbocycles. The first-order valence-corrected chi connectivity index (χ1v) is 6.01. The highest BCUT2D eigenvalue weighted by Gasteiger charge is 2.38. The Morgan fingerprint density at radius 3 is 2.52 bits per heavy atom. The van der Waals surface area contributed by atoms with E-state index in [2.05, 4.69) is 0 Å². The molecule has 0 bridgehead atoms. The number of aliphatic hydroxyl groups excluding tert-OH is 1. The third-order valence-corrected chi connectivity index (χ3v) is 2.78. The van der Waals surface area contributed by atoms with Crippen LogP contribution in [-0.4, -0.2) is 43.4 Å². The van der Waals surface area contributed by atoms with Gasteiger partial charge in [-0.3, -0.25) is 10.1 Å². The van der Waals surface area contributed by atoms with E-state index in [1.54, 1.807) is 0 Å². The summed E-state index contributed by atoms with van der Waals surface area (Å²) in [6.07, 6.45) is -4.83. The number of benzene rings is 1. The summed E-state index contributed by atoms with van der Waals surface area (Å²) >= 11 is 0. The molecule has 0 aromatic heterocycles. The number of ether oxygens (including phenoxy) is 1. The van der Waals surface area contributed by atoms with E-state index in [4.69, 9.17) is 9.84 Å². The Balaban J connectivity index is 3.21. The highest BCUT2D eigenvalue weighted by molar-refractivity contribution is 5.56. The lowest BCUT2D eigenvalue weighted by atomic mass is 10.1. The molecule has 0 radical (unpaired) electrons. The molecule has 0 aliphatic heterocycles. The van der Waals surface area contributed by atoms with Crippen LogP contribution in [0.5, 0.6) is 0 Å². The van der Waals surface area contributed by atoms with Crippen molar-refractivity contribution in [2.75, 3.05) is 38.3 Å². The maximum atomic E-state index is 12.9. The number of nitrogens with zero attached hydrogens (tertiary/aromatic N) is 2. The van der Waals surface area contributed by atoms with Crippen LogP contribution in [0.15, 0.2) is 18.2 Å². The van der Waals surface area contributed by atoms with Gasteiger partial charge in [0, 0.05) is 32.0 Å². The minimum atomic E-state index is -4.83. The van der Waals surface area contributed by atoms with E-state index in [0.29, 0.717) is 6.07 Å². The summed E-state index contributed by atoms with van der Waals surface area (Å²) in [5.41, 5.74) is -2.17. The number of alkyl halides is 3. The summed E-state index contributed by atoms with van der Waals surface area (Å²) in [6.45, 7) is 0.338. The highest BCUT2D eigenvalue weighted by Crippen LogP contribution is 2.38. The summed E-state index contributed by atoms with van der Waals surface area (Å²) in [5.74, 6) is 0. The molecule has 0 unspecified atom stereocenters. The molecule has 21 heavy (non-hydrogen) atoms. The van der Waals surface area contributed by atoms with Gasteiger partial charge in [-0.2, -0.15) is 13.2 Å². The molecule has 1 aromatic rings. The van der Waals surface area contributed by atoms with Gasteiger partial charge < -0.3 is 14.7 Å². The number of hydrogen-bond acceptors (Lipinski definition) is 5. The van der Waals surface area contributed by atoms with Crippen molar-refractivity contribution in [2.24, 2.45) is 0 Å². The highest BCUT2D eigenvalue weighted by atomic mass is 19.4. The Bertz CT molecular complexity index is 494. The monoisotopic (exact) mass is 308 g/mol. The van der Waals surface area contributed by atoms with Crippen molar-refractivity contribution in [1.29, 1.82) is 0 Å². The molecular weight excluding hydrogens is 293 g/mol. The predicted molar refractivity (Wildman–Crippen MR) is 69.3 cm³/mol. The first kappa shape index (κ1) is 17.2. The van der Waals surface area contributed by atoms with E-state index in [-0.39, 0.29) is 32.0 Å². The molecule has 9 heteroatoms. The van der Waals surface area contributed by atoms with Gasteiger partial charge in [0.1, 0.15) is 5.56 Å². The predicted octanol–water partition coefficient (Wildman–Crippen LogP) is 2.06. The van der Waals surface area contributed by atoms with Gasteiger partial charge in [0.05, 0.1) is 18.1 Å². The standard InChI is InChI=1S/C12H15F3N2O4/c1-21-7-5-16(4-6-18)9-2-3-11(17(19)20)10(8-9)12(13,14)15/h2-3,8,18H,4-7H2,1H3. The molecule has 0 atom stereocenters. The zero-order chi connectivity index (χ0) is 16.0. The van der Waals surface area contributed by atoms with Gasteiger partial charge in [0.15, 0.2) is 0 Å². The maximum Gasteiger partial charge on any atom is 0.423 e. The van der Waals surface area contributed by atoms with E-state index < -0.39 is 22.4 Å². The molecule has 6 nitrogen and oxygen atoms in total. The van der Waals surface area contributed by atoms with Gasteiger partial charge in [-0.25, -0.2) is 0 Å². The molecule has 0 spiro atoms. The topological polar surface area (TPSA) is 75.8 Å². The van der Waals surface area contributed by atoms with Crippen molar-refractivity contribution in [2.45, 2.75) is 6.18 Å². The Hall–Kier alpha value is -1.87. The Morgan fingerprint density at radius 1 is 1.38 bits per heavy atom. The molecule has 0 amide bonds. The smallest absolute Gasteiger partial charge is 0.395 e. The first-order valence-electron chi connectivity index (χ1n) is 6.01. The number of nitro benzene ring substituents is 1. The molecular formula is C12H15F3N2O4. The lowest BCUT2D eigenvalue weighted by molar-refractivity contribution is -0.388. The number of halogens is 3. The second-order valence-electron chi connectivity index (χ2n) is 4.16. The van der Waals surface area contributed by atoms with Crippen LogP contribution in [0.3, 0.4) is 0 Å². The molecule has 0 aliphatic rings. The number of hydrogen-bond donors (Lipinski definition) is 1. The van der Waals surface area contributed by atoms with Gasteiger partial charge in [0.2, 0.25) is 0 Å². The average molecular weight is 308 g/mol. The van der Waals surface area contributed by atoms with Crippen molar-refractivity contribution >= 4 is 11.4 Å². The summed E-state index contributed by atoms with van der Waals surface area (Å²) < 4.78 is 43.5. The average Bonchev–Trinajstić information content (AvgIpc) is 2.41. The van der Waals surface area contributed by atoms with Gasteiger partial charge in [0.25, 0.3) is 5.69 Å². The van der Waals surface area contributed by atoms with E-state index in [1.807, 2.05) is 0 Å². The van der Waals surface area contributed by atoms with Crippen LogP contribution in [-0.2, 0) is 10.9 Å². The SMILES string of the molecule is COCCN(CCO)c1ccc([N+](=O)[O-])c(C(F)(F)F)c1. The number of aliphatic hydroxyl groups is 1. The largest absolute Gasteiger partial charge is 0.423 e. The number of rotatable bonds is 7. The normalized spacial score (nSPS) is 11.5. The fraction of sp³-hybridized carbons (Fsp3) is 0.500. The summed E-state index contributed by atoms with van der Waals surface area (Å²) in [5, 5.41) is 19.6. The fourth-order valence-corrected chi connectivity index (χ4v) is 1.80. The Labute approximate surface area is 118 Å². The van der Waals surface area contributed by atoms with Crippen LogP contribution in [0.1, 0.15) is 5.56 Å².